The molecule has 3 unspecified atom stereocenters. The van der Waals surface area contributed by atoms with E-state index in [4.69, 9.17) is 9.47 Å². The van der Waals surface area contributed by atoms with Gasteiger partial charge in [0.15, 0.2) is 0 Å². The van der Waals surface area contributed by atoms with Gasteiger partial charge < -0.3 is 9.47 Å². The van der Waals surface area contributed by atoms with E-state index in [1.54, 1.807) is 5.57 Å². The molecule has 4 rings (SSSR count). The van der Waals surface area contributed by atoms with Crippen molar-refractivity contribution in [1.82, 2.24) is 0 Å². The highest BCUT2D eigenvalue weighted by Crippen LogP contribution is 2.65. The minimum atomic E-state index is -0.226. The molecule has 2 fully saturated rings. The summed E-state index contributed by atoms with van der Waals surface area (Å²) >= 11 is 0. The predicted molar refractivity (Wildman–Crippen MR) is 121 cm³/mol. The van der Waals surface area contributed by atoms with E-state index >= 15 is 0 Å². The SMILES string of the molecule is CC(=O)OC/C=C(\C)C1=CCC2C3CC=C4C[C@@H](OC(C)=O)CC[C@]4(C)C3CC[C@]12C. The van der Waals surface area contributed by atoms with E-state index in [9.17, 15) is 9.59 Å². The molecule has 4 aliphatic rings. The summed E-state index contributed by atoms with van der Waals surface area (Å²) in [6.07, 6.45) is 14.9. The van der Waals surface area contributed by atoms with Gasteiger partial charge in [0.05, 0.1) is 0 Å². The number of carbonyl (C=O) groups excluding carboxylic acids is 2. The van der Waals surface area contributed by atoms with Crippen molar-refractivity contribution in [2.45, 2.75) is 85.7 Å². The molecule has 31 heavy (non-hydrogen) atoms. The lowest BCUT2D eigenvalue weighted by atomic mass is 9.47. The summed E-state index contributed by atoms with van der Waals surface area (Å²) in [7, 11) is 0. The smallest absolute Gasteiger partial charge is 0.302 e. The summed E-state index contributed by atoms with van der Waals surface area (Å²) in [6.45, 7) is 10.5. The Kier molecular flexibility index (Phi) is 5.95. The van der Waals surface area contributed by atoms with Crippen molar-refractivity contribution in [3.8, 4) is 0 Å². The Morgan fingerprint density at radius 1 is 1.00 bits per heavy atom. The molecule has 0 aliphatic heterocycles. The maximum atomic E-state index is 11.4. The van der Waals surface area contributed by atoms with Crippen molar-refractivity contribution in [1.29, 1.82) is 0 Å². The molecular formula is C27H38O4. The summed E-state index contributed by atoms with van der Waals surface area (Å²) in [6, 6.07) is 0. The molecule has 6 atom stereocenters. The lowest BCUT2D eigenvalue weighted by Crippen LogP contribution is -2.50. The molecule has 0 aromatic rings. The Hall–Kier alpha value is -1.84. The van der Waals surface area contributed by atoms with Crippen molar-refractivity contribution in [3.05, 3.63) is 34.9 Å². The van der Waals surface area contributed by atoms with Crippen LogP contribution in [0, 0.1) is 28.6 Å². The Balaban J connectivity index is 1.52. The predicted octanol–water partition coefficient (Wildman–Crippen LogP) is 5.93. The largest absolute Gasteiger partial charge is 0.462 e. The Bertz CT molecular complexity index is 849. The first kappa shape index (κ1) is 22.4. The molecule has 0 heterocycles. The summed E-state index contributed by atoms with van der Waals surface area (Å²) < 4.78 is 10.7. The van der Waals surface area contributed by atoms with Gasteiger partial charge in [-0.15, -0.1) is 0 Å². The van der Waals surface area contributed by atoms with Gasteiger partial charge in [0.25, 0.3) is 0 Å². The topological polar surface area (TPSA) is 52.6 Å². The fraction of sp³-hybridized carbons (Fsp3) is 0.704. The molecule has 0 N–H and O–H groups in total. The molecule has 0 bridgehead atoms. The number of hydrogen-bond acceptors (Lipinski definition) is 4. The van der Waals surface area contributed by atoms with Crippen LogP contribution in [0.5, 0.6) is 0 Å². The highest BCUT2D eigenvalue weighted by atomic mass is 16.5. The zero-order chi connectivity index (χ0) is 22.4. The van der Waals surface area contributed by atoms with Gasteiger partial charge in [0, 0.05) is 20.3 Å². The molecule has 2 saturated carbocycles. The highest BCUT2D eigenvalue weighted by molar-refractivity contribution is 5.66. The van der Waals surface area contributed by atoms with Gasteiger partial charge >= 0.3 is 11.9 Å². The molecule has 0 amide bonds. The van der Waals surface area contributed by atoms with Crippen molar-refractivity contribution in [3.63, 3.8) is 0 Å². The Morgan fingerprint density at radius 2 is 1.74 bits per heavy atom. The molecule has 0 aromatic carbocycles. The van der Waals surface area contributed by atoms with Crippen LogP contribution in [0.15, 0.2) is 34.9 Å². The van der Waals surface area contributed by atoms with E-state index < -0.39 is 0 Å². The highest BCUT2D eigenvalue weighted by Gasteiger charge is 2.56. The molecule has 170 valence electrons. The Labute approximate surface area is 187 Å². The maximum absolute atomic E-state index is 11.4. The first-order chi connectivity index (χ1) is 14.6. The number of fused-ring (bicyclic) bond motifs is 5. The summed E-state index contributed by atoms with van der Waals surface area (Å²) in [5, 5.41) is 0. The van der Waals surface area contributed by atoms with Crippen LogP contribution in [-0.4, -0.2) is 24.6 Å². The lowest BCUT2D eigenvalue weighted by Gasteiger charge is -2.58. The van der Waals surface area contributed by atoms with E-state index in [0.717, 1.165) is 38.0 Å². The average molecular weight is 427 g/mol. The van der Waals surface area contributed by atoms with Gasteiger partial charge in [-0.2, -0.15) is 0 Å². The van der Waals surface area contributed by atoms with E-state index in [0.29, 0.717) is 18.4 Å². The molecule has 0 spiro atoms. The van der Waals surface area contributed by atoms with Crippen molar-refractivity contribution >= 4 is 11.9 Å². The molecular weight excluding hydrogens is 388 g/mol. The summed E-state index contributed by atoms with van der Waals surface area (Å²) in [4.78, 5) is 22.6. The van der Waals surface area contributed by atoms with Crippen LogP contribution in [0.3, 0.4) is 0 Å². The first-order valence-corrected chi connectivity index (χ1v) is 12.0. The van der Waals surface area contributed by atoms with Crippen LogP contribution in [0.4, 0.5) is 0 Å². The van der Waals surface area contributed by atoms with Crippen LogP contribution in [-0.2, 0) is 19.1 Å². The first-order valence-electron chi connectivity index (χ1n) is 12.0. The molecule has 4 heteroatoms. The van der Waals surface area contributed by atoms with E-state index in [-0.39, 0.29) is 28.9 Å². The fourth-order valence-corrected chi connectivity index (χ4v) is 7.54. The fourth-order valence-electron chi connectivity index (χ4n) is 7.54. The number of hydrogen-bond donors (Lipinski definition) is 0. The second-order valence-corrected chi connectivity index (χ2v) is 10.7. The number of rotatable bonds is 4. The zero-order valence-electron chi connectivity index (χ0n) is 19.8. The second-order valence-electron chi connectivity index (χ2n) is 10.7. The molecule has 0 radical (unpaired) electrons. The number of carbonyl (C=O) groups is 2. The van der Waals surface area contributed by atoms with Crippen LogP contribution in [0.2, 0.25) is 0 Å². The van der Waals surface area contributed by atoms with Gasteiger partial charge in [0.1, 0.15) is 12.7 Å². The summed E-state index contributed by atoms with van der Waals surface area (Å²) in [5.74, 6) is 1.74. The number of esters is 2. The number of allylic oxidation sites excluding steroid dienone is 4. The Morgan fingerprint density at radius 3 is 2.45 bits per heavy atom. The molecule has 4 nitrogen and oxygen atoms in total. The maximum Gasteiger partial charge on any atom is 0.302 e. The van der Waals surface area contributed by atoms with Crippen molar-refractivity contribution < 1.29 is 19.1 Å². The minimum absolute atomic E-state index is 0.0620. The van der Waals surface area contributed by atoms with Crippen LogP contribution < -0.4 is 0 Å². The van der Waals surface area contributed by atoms with Crippen LogP contribution in [0.25, 0.3) is 0 Å². The van der Waals surface area contributed by atoms with Gasteiger partial charge in [-0.1, -0.05) is 31.6 Å². The van der Waals surface area contributed by atoms with Gasteiger partial charge in [-0.25, -0.2) is 0 Å². The van der Waals surface area contributed by atoms with E-state index in [1.807, 2.05) is 0 Å². The third-order valence-electron chi connectivity index (χ3n) is 9.07. The third kappa shape index (κ3) is 3.91. The van der Waals surface area contributed by atoms with Gasteiger partial charge in [-0.3, -0.25) is 9.59 Å². The van der Waals surface area contributed by atoms with Crippen LogP contribution in [0.1, 0.15) is 79.6 Å². The van der Waals surface area contributed by atoms with E-state index in [1.165, 1.54) is 37.8 Å². The molecule has 4 aliphatic carbocycles. The minimum Gasteiger partial charge on any atom is -0.462 e. The number of ether oxygens (including phenoxy) is 2. The van der Waals surface area contributed by atoms with E-state index in [2.05, 4.69) is 39.0 Å². The lowest BCUT2D eigenvalue weighted by molar-refractivity contribution is -0.148. The average Bonchev–Trinajstić information content (AvgIpc) is 3.05. The third-order valence-corrected chi connectivity index (χ3v) is 9.07. The zero-order valence-corrected chi connectivity index (χ0v) is 19.8. The quantitative estimate of drug-likeness (QED) is 0.413. The molecule has 0 aromatic heterocycles. The molecule has 0 saturated heterocycles. The second kappa shape index (κ2) is 8.26. The van der Waals surface area contributed by atoms with Crippen molar-refractivity contribution in [2.75, 3.05) is 6.61 Å². The van der Waals surface area contributed by atoms with Crippen LogP contribution >= 0.6 is 0 Å². The van der Waals surface area contributed by atoms with Gasteiger partial charge in [0.2, 0.25) is 0 Å². The standard InChI is InChI=1S/C27H38O4/c1-17(12-15-30-18(2)28)23-8-9-24-22-7-6-20-16-21(31-19(3)29)10-13-26(20,4)25(22)11-14-27(23,24)5/h6,8,12,21-22,24-25H,7,9-11,13-16H2,1-5H3/b17-12+/t21-,22?,24?,25?,26-,27+/m0/s1. The monoisotopic (exact) mass is 426 g/mol. The van der Waals surface area contributed by atoms with Crippen molar-refractivity contribution in [2.24, 2.45) is 28.6 Å². The van der Waals surface area contributed by atoms with Gasteiger partial charge in [-0.05, 0) is 91.3 Å². The summed E-state index contributed by atoms with van der Waals surface area (Å²) in [5.41, 5.74) is 4.75. The normalized spacial score (nSPS) is 39.5.